The van der Waals surface area contributed by atoms with Gasteiger partial charge in [0.2, 0.25) is 0 Å². The molecule has 2 N–H and O–H groups in total. The Morgan fingerprint density at radius 2 is 2.31 bits per heavy atom. The van der Waals surface area contributed by atoms with Gasteiger partial charge in [0, 0.05) is 24.2 Å². The molecule has 0 unspecified atom stereocenters. The maximum absolute atomic E-state index is 10.4. The van der Waals surface area contributed by atoms with Gasteiger partial charge in [0.1, 0.15) is 5.75 Å². The molecule has 0 radical (unpaired) electrons. The summed E-state index contributed by atoms with van der Waals surface area (Å²) in [5.41, 5.74) is 0.514. The molecular weight excluding hydrogens is 172 g/mol. The number of rotatable bonds is 3. The highest BCUT2D eigenvalue weighted by atomic mass is 16.6. The van der Waals surface area contributed by atoms with Gasteiger partial charge in [-0.1, -0.05) is 0 Å². The molecule has 13 heavy (non-hydrogen) atoms. The molecule has 0 heterocycles. The van der Waals surface area contributed by atoms with Gasteiger partial charge >= 0.3 is 0 Å². The molecule has 1 rings (SSSR count). The molecule has 70 valence electrons. The number of nitro groups is 1. The summed E-state index contributed by atoms with van der Waals surface area (Å²) in [6.45, 7) is 0.410. The van der Waals surface area contributed by atoms with Crippen LogP contribution < -0.4 is 5.32 Å². The van der Waals surface area contributed by atoms with E-state index in [2.05, 4.69) is 5.32 Å². The van der Waals surface area contributed by atoms with E-state index >= 15 is 0 Å². The molecular formula is C8H10N2O3. The fourth-order valence-corrected chi connectivity index (χ4v) is 1.02. The van der Waals surface area contributed by atoms with Crippen molar-refractivity contribution >= 4 is 5.69 Å². The first-order valence-corrected chi connectivity index (χ1v) is 3.76. The van der Waals surface area contributed by atoms with Crippen molar-refractivity contribution in [2.75, 3.05) is 7.05 Å². The van der Waals surface area contributed by atoms with E-state index in [-0.39, 0.29) is 11.4 Å². The summed E-state index contributed by atoms with van der Waals surface area (Å²) >= 11 is 0. The maximum atomic E-state index is 10.4. The number of hydrogen-bond acceptors (Lipinski definition) is 4. The molecule has 0 spiro atoms. The first-order chi connectivity index (χ1) is 6.15. The Morgan fingerprint density at radius 1 is 1.62 bits per heavy atom. The molecule has 5 nitrogen and oxygen atoms in total. The van der Waals surface area contributed by atoms with Crippen molar-refractivity contribution in [2.24, 2.45) is 0 Å². The first kappa shape index (κ1) is 9.47. The van der Waals surface area contributed by atoms with E-state index in [0.717, 1.165) is 0 Å². The van der Waals surface area contributed by atoms with Gasteiger partial charge in [0.15, 0.2) is 0 Å². The van der Waals surface area contributed by atoms with Crippen LogP contribution in [0.2, 0.25) is 0 Å². The van der Waals surface area contributed by atoms with E-state index in [4.69, 9.17) is 0 Å². The molecule has 0 aromatic heterocycles. The van der Waals surface area contributed by atoms with E-state index in [0.29, 0.717) is 12.1 Å². The number of nitrogens with one attached hydrogen (secondary N) is 1. The van der Waals surface area contributed by atoms with Crippen molar-refractivity contribution in [3.8, 4) is 5.75 Å². The molecule has 0 saturated carbocycles. The Bertz CT molecular complexity index is 325. The average molecular weight is 182 g/mol. The van der Waals surface area contributed by atoms with Crippen molar-refractivity contribution < 1.29 is 10.0 Å². The quantitative estimate of drug-likeness (QED) is 0.540. The van der Waals surface area contributed by atoms with Gasteiger partial charge in [-0.2, -0.15) is 0 Å². The largest absolute Gasteiger partial charge is 0.508 e. The minimum absolute atomic E-state index is 0.0111. The summed E-state index contributed by atoms with van der Waals surface area (Å²) in [7, 11) is 1.71. The lowest BCUT2D eigenvalue weighted by Gasteiger charge is -2.02. The molecule has 5 heteroatoms. The lowest BCUT2D eigenvalue weighted by molar-refractivity contribution is -0.384. The summed E-state index contributed by atoms with van der Waals surface area (Å²) < 4.78 is 0. The second kappa shape index (κ2) is 3.86. The minimum Gasteiger partial charge on any atom is -0.508 e. The van der Waals surface area contributed by atoms with Gasteiger partial charge < -0.3 is 10.4 Å². The number of phenolic OH excluding ortho intramolecular Hbond substituents is 1. The highest BCUT2D eigenvalue weighted by Crippen LogP contribution is 2.22. The number of hydrogen-bond donors (Lipinski definition) is 2. The molecule has 0 bridgehead atoms. The normalized spacial score (nSPS) is 9.92. The van der Waals surface area contributed by atoms with Gasteiger partial charge in [-0.15, -0.1) is 0 Å². The van der Waals surface area contributed by atoms with Gasteiger partial charge in [-0.3, -0.25) is 10.1 Å². The van der Waals surface area contributed by atoms with Crippen LogP contribution in [-0.4, -0.2) is 17.1 Å². The van der Waals surface area contributed by atoms with Crippen LogP contribution in [0.15, 0.2) is 18.2 Å². The lowest BCUT2D eigenvalue weighted by Crippen LogP contribution is -2.05. The van der Waals surface area contributed by atoms with Crippen molar-refractivity contribution in [3.05, 3.63) is 33.9 Å². The van der Waals surface area contributed by atoms with Gasteiger partial charge in [-0.25, -0.2) is 0 Å². The maximum Gasteiger partial charge on any atom is 0.270 e. The number of phenols is 1. The Hall–Kier alpha value is -1.62. The second-order valence-corrected chi connectivity index (χ2v) is 2.60. The van der Waals surface area contributed by atoms with Crippen LogP contribution in [0, 0.1) is 10.1 Å². The number of nitrogens with zero attached hydrogens (tertiary/aromatic N) is 1. The molecule has 1 aromatic rings. The minimum atomic E-state index is -0.488. The summed E-state index contributed by atoms with van der Waals surface area (Å²) in [6, 6.07) is 3.95. The SMILES string of the molecule is CNCc1cc([N+](=O)[O-])ccc1O. The average Bonchev–Trinajstić information content (AvgIpc) is 2.08. The van der Waals surface area contributed by atoms with Crippen LogP contribution in [0.4, 0.5) is 5.69 Å². The highest BCUT2D eigenvalue weighted by Gasteiger charge is 2.08. The molecule has 0 aliphatic heterocycles. The Morgan fingerprint density at radius 3 is 2.85 bits per heavy atom. The van der Waals surface area contributed by atoms with Crippen LogP contribution in [0.1, 0.15) is 5.56 Å². The summed E-state index contributed by atoms with van der Waals surface area (Å²) in [5.74, 6) is 0.0694. The Balaban J connectivity index is 3.03. The van der Waals surface area contributed by atoms with Crippen LogP contribution >= 0.6 is 0 Å². The predicted octanol–water partition coefficient (Wildman–Crippen LogP) is 1.02. The highest BCUT2D eigenvalue weighted by molar-refractivity contribution is 5.42. The lowest BCUT2D eigenvalue weighted by atomic mass is 10.2. The van der Waals surface area contributed by atoms with Crippen LogP contribution in [0.3, 0.4) is 0 Å². The van der Waals surface area contributed by atoms with Crippen LogP contribution in [0.5, 0.6) is 5.75 Å². The van der Waals surface area contributed by atoms with E-state index in [1.165, 1.54) is 18.2 Å². The van der Waals surface area contributed by atoms with Crippen molar-refractivity contribution in [2.45, 2.75) is 6.54 Å². The van der Waals surface area contributed by atoms with Crippen molar-refractivity contribution in [3.63, 3.8) is 0 Å². The van der Waals surface area contributed by atoms with Gasteiger partial charge in [0.25, 0.3) is 5.69 Å². The number of aromatic hydroxyl groups is 1. The van der Waals surface area contributed by atoms with E-state index in [1.54, 1.807) is 7.05 Å². The van der Waals surface area contributed by atoms with E-state index in [1.807, 2.05) is 0 Å². The topological polar surface area (TPSA) is 75.4 Å². The third kappa shape index (κ3) is 2.16. The smallest absolute Gasteiger partial charge is 0.270 e. The summed E-state index contributed by atoms with van der Waals surface area (Å²) in [5, 5.41) is 22.5. The molecule has 1 aromatic carbocycles. The zero-order valence-electron chi connectivity index (χ0n) is 7.15. The molecule has 0 amide bonds. The van der Waals surface area contributed by atoms with Crippen molar-refractivity contribution in [1.82, 2.24) is 5.32 Å². The van der Waals surface area contributed by atoms with E-state index in [9.17, 15) is 15.2 Å². The third-order valence-corrected chi connectivity index (χ3v) is 1.64. The molecule has 0 aliphatic carbocycles. The Labute approximate surface area is 75.2 Å². The fourth-order valence-electron chi connectivity index (χ4n) is 1.02. The van der Waals surface area contributed by atoms with Gasteiger partial charge in [0.05, 0.1) is 4.92 Å². The zero-order chi connectivity index (χ0) is 9.84. The van der Waals surface area contributed by atoms with Crippen molar-refractivity contribution in [1.29, 1.82) is 0 Å². The third-order valence-electron chi connectivity index (χ3n) is 1.64. The molecule has 0 atom stereocenters. The predicted molar refractivity (Wildman–Crippen MR) is 47.5 cm³/mol. The summed E-state index contributed by atoms with van der Waals surface area (Å²) in [6.07, 6.45) is 0. The molecule has 0 saturated heterocycles. The standard InChI is InChI=1S/C8H10N2O3/c1-9-5-6-4-7(10(12)13)2-3-8(6)11/h2-4,9,11H,5H2,1H3. The van der Waals surface area contributed by atoms with Crippen LogP contribution in [-0.2, 0) is 6.54 Å². The Kier molecular flexibility index (Phi) is 2.81. The first-order valence-electron chi connectivity index (χ1n) is 3.76. The molecule has 0 fully saturated rings. The second-order valence-electron chi connectivity index (χ2n) is 2.60. The number of benzene rings is 1. The van der Waals surface area contributed by atoms with Gasteiger partial charge in [-0.05, 0) is 13.1 Å². The summed E-state index contributed by atoms with van der Waals surface area (Å²) in [4.78, 5) is 9.88. The number of non-ortho nitro benzene ring substituents is 1. The number of nitro benzene ring substituents is 1. The monoisotopic (exact) mass is 182 g/mol. The fraction of sp³-hybridized carbons (Fsp3) is 0.250. The van der Waals surface area contributed by atoms with E-state index < -0.39 is 4.92 Å². The zero-order valence-corrected chi connectivity index (χ0v) is 7.15. The molecule has 0 aliphatic rings. The van der Waals surface area contributed by atoms with Crippen LogP contribution in [0.25, 0.3) is 0 Å².